The predicted molar refractivity (Wildman–Crippen MR) is 93.2 cm³/mol. The van der Waals surface area contributed by atoms with E-state index in [0.29, 0.717) is 5.25 Å². The van der Waals surface area contributed by atoms with Gasteiger partial charge in [-0.05, 0) is 44.5 Å². The van der Waals surface area contributed by atoms with E-state index in [9.17, 15) is 13.9 Å². The van der Waals surface area contributed by atoms with Crippen molar-refractivity contribution in [2.24, 2.45) is 0 Å². The minimum absolute atomic E-state index is 0.0699. The first-order valence-corrected chi connectivity index (χ1v) is 9.22. The number of thioether (sulfide) groups is 1. The summed E-state index contributed by atoms with van der Waals surface area (Å²) >= 11 is 1.64. The quantitative estimate of drug-likeness (QED) is 0.819. The van der Waals surface area contributed by atoms with Gasteiger partial charge in [0, 0.05) is 17.7 Å². The summed E-state index contributed by atoms with van der Waals surface area (Å²) in [5.41, 5.74) is 0.283. The summed E-state index contributed by atoms with van der Waals surface area (Å²) in [6, 6.07) is 3.43. The van der Waals surface area contributed by atoms with E-state index in [1.165, 1.54) is 18.5 Å². The van der Waals surface area contributed by atoms with Gasteiger partial charge in [-0.3, -0.25) is 0 Å². The lowest BCUT2D eigenvalue weighted by Gasteiger charge is -2.38. The average molecular weight is 368 g/mol. The third-order valence-corrected chi connectivity index (χ3v) is 6.35. The minimum atomic E-state index is -0.908. The van der Waals surface area contributed by atoms with Crippen molar-refractivity contribution in [3.8, 4) is 0 Å². The SMILES string of the molecule is C[C@@](SC1CCNCC1)([C@H](O)Cc1ccc(F)cc1F)n1cncn1. The number of aliphatic hydroxyl groups excluding tert-OH is 1. The van der Waals surface area contributed by atoms with Crippen molar-refractivity contribution in [2.45, 2.75) is 42.4 Å². The molecule has 1 aliphatic heterocycles. The zero-order valence-electron chi connectivity index (χ0n) is 14.0. The van der Waals surface area contributed by atoms with Gasteiger partial charge in [0.1, 0.15) is 29.2 Å². The molecule has 8 heteroatoms. The highest BCUT2D eigenvalue weighted by molar-refractivity contribution is 8.00. The van der Waals surface area contributed by atoms with Crippen LogP contribution in [0.2, 0.25) is 0 Å². The standard InChI is InChI=1S/C17H22F2N4OS/c1-17(23-11-21-10-22-23,25-14-4-6-20-7-5-14)16(24)8-12-2-3-13(18)9-15(12)19/h2-3,9-11,14,16,20,24H,4-8H2,1H3/t16-,17-/m1/s1. The van der Waals surface area contributed by atoms with Crippen molar-refractivity contribution in [1.29, 1.82) is 0 Å². The Hall–Kier alpha value is -1.51. The van der Waals surface area contributed by atoms with Crippen LogP contribution in [0.25, 0.3) is 0 Å². The smallest absolute Gasteiger partial charge is 0.137 e. The molecule has 0 spiro atoms. The summed E-state index contributed by atoms with van der Waals surface area (Å²) in [5.74, 6) is -1.27. The second-order valence-corrected chi connectivity index (χ2v) is 8.15. The maximum Gasteiger partial charge on any atom is 0.137 e. The van der Waals surface area contributed by atoms with Gasteiger partial charge in [-0.2, -0.15) is 5.10 Å². The first kappa shape index (κ1) is 18.3. The topological polar surface area (TPSA) is 63.0 Å². The van der Waals surface area contributed by atoms with E-state index in [2.05, 4.69) is 15.4 Å². The van der Waals surface area contributed by atoms with Crippen LogP contribution in [0.3, 0.4) is 0 Å². The van der Waals surface area contributed by atoms with Gasteiger partial charge in [-0.1, -0.05) is 6.07 Å². The van der Waals surface area contributed by atoms with Crippen molar-refractivity contribution < 1.29 is 13.9 Å². The molecule has 0 saturated carbocycles. The lowest BCUT2D eigenvalue weighted by atomic mass is 10.0. The van der Waals surface area contributed by atoms with E-state index in [0.717, 1.165) is 32.0 Å². The molecule has 5 nitrogen and oxygen atoms in total. The van der Waals surface area contributed by atoms with Gasteiger partial charge in [0.2, 0.25) is 0 Å². The van der Waals surface area contributed by atoms with Gasteiger partial charge in [-0.25, -0.2) is 18.4 Å². The third-order valence-electron chi connectivity index (χ3n) is 4.61. The molecule has 0 unspecified atom stereocenters. The second kappa shape index (κ2) is 7.80. The second-order valence-electron chi connectivity index (χ2n) is 6.42. The van der Waals surface area contributed by atoms with Crippen LogP contribution in [-0.4, -0.2) is 44.3 Å². The molecular weight excluding hydrogens is 346 g/mol. The molecule has 2 aromatic rings. The molecular formula is C17H22F2N4OS. The monoisotopic (exact) mass is 368 g/mol. The number of hydrogen-bond donors (Lipinski definition) is 2. The molecule has 1 fully saturated rings. The number of piperidine rings is 1. The van der Waals surface area contributed by atoms with Gasteiger partial charge in [-0.15, -0.1) is 11.8 Å². The van der Waals surface area contributed by atoms with E-state index < -0.39 is 22.6 Å². The molecule has 1 aromatic carbocycles. The molecule has 0 amide bonds. The number of halogens is 2. The average Bonchev–Trinajstić information content (AvgIpc) is 3.13. The Balaban J connectivity index is 1.82. The summed E-state index contributed by atoms with van der Waals surface area (Å²) in [4.78, 5) is 3.20. The molecule has 2 N–H and O–H groups in total. The molecule has 1 aliphatic rings. The van der Waals surface area contributed by atoms with Crippen LogP contribution in [0.5, 0.6) is 0 Å². The fraction of sp³-hybridized carbons (Fsp3) is 0.529. The Labute approximate surface area is 149 Å². The van der Waals surface area contributed by atoms with Crippen molar-refractivity contribution in [2.75, 3.05) is 13.1 Å². The number of nitrogens with one attached hydrogen (secondary N) is 1. The van der Waals surface area contributed by atoms with Crippen LogP contribution in [-0.2, 0) is 11.3 Å². The zero-order chi connectivity index (χ0) is 17.9. The first-order chi connectivity index (χ1) is 12.0. The summed E-state index contributed by atoms with van der Waals surface area (Å²) < 4.78 is 28.7. The summed E-state index contributed by atoms with van der Waals surface area (Å²) in [6.07, 6.45) is 4.14. The first-order valence-electron chi connectivity index (χ1n) is 8.34. The van der Waals surface area contributed by atoms with Gasteiger partial charge in [0.25, 0.3) is 0 Å². The molecule has 1 saturated heterocycles. The molecule has 2 heterocycles. The molecule has 25 heavy (non-hydrogen) atoms. The largest absolute Gasteiger partial charge is 0.389 e. The van der Waals surface area contributed by atoms with E-state index in [1.807, 2.05) is 6.92 Å². The maximum atomic E-state index is 14.0. The maximum absolute atomic E-state index is 14.0. The van der Waals surface area contributed by atoms with Crippen LogP contribution in [0.1, 0.15) is 25.3 Å². The Bertz CT molecular complexity index is 694. The number of hydrogen-bond acceptors (Lipinski definition) is 5. The van der Waals surface area contributed by atoms with Crippen molar-refractivity contribution in [3.63, 3.8) is 0 Å². The van der Waals surface area contributed by atoms with Crippen molar-refractivity contribution in [3.05, 3.63) is 48.1 Å². The summed E-state index contributed by atoms with van der Waals surface area (Å²) in [5, 5.41) is 18.8. The van der Waals surface area contributed by atoms with Gasteiger partial charge in [0.05, 0.1) is 6.10 Å². The molecule has 0 bridgehead atoms. The normalized spacial score (nSPS) is 19.5. The zero-order valence-corrected chi connectivity index (χ0v) is 14.8. The molecule has 2 atom stereocenters. The fourth-order valence-corrected chi connectivity index (χ4v) is 4.65. The van der Waals surface area contributed by atoms with Crippen LogP contribution < -0.4 is 5.32 Å². The number of benzene rings is 1. The number of aromatic nitrogens is 3. The van der Waals surface area contributed by atoms with E-state index in [-0.39, 0.29) is 12.0 Å². The summed E-state index contributed by atoms with van der Waals surface area (Å²) in [6.45, 7) is 3.77. The molecule has 3 rings (SSSR count). The Morgan fingerprint density at radius 2 is 2.16 bits per heavy atom. The van der Waals surface area contributed by atoms with Gasteiger partial charge >= 0.3 is 0 Å². The highest BCUT2D eigenvalue weighted by Gasteiger charge is 2.39. The molecule has 0 aliphatic carbocycles. The highest BCUT2D eigenvalue weighted by atomic mass is 32.2. The number of rotatable bonds is 6. The highest BCUT2D eigenvalue weighted by Crippen LogP contribution is 2.40. The van der Waals surface area contributed by atoms with Crippen molar-refractivity contribution in [1.82, 2.24) is 20.1 Å². The van der Waals surface area contributed by atoms with Crippen LogP contribution in [0.4, 0.5) is 8.78 Å². The third kappa shape index (κ3) is 4.19. The van der Waals surface area contributed by atoms with Gasteiger partial charge < -0.3 is 10.4 Å². The van der Waals surface area contributed by atoms with E-state index in [1.54, 1.807) is 22.8 Å². The van der Waals surface area contributed by atoms with Crippen molar-refractivity contribution >= 4 is 11.8 Å². The van der Waals surface area contributed by atoms with Crippen LogP contribution >= 0.6 is 11.8 Å². The molecule has 136 valence electrons. The lowest BCUT2D eigenvalue weighted by molar-refractivity contribution is 0.0930. The van der Waals surface area contributed by atoms with E-state index in [4.69, 9.17) is 0 Å². The number of aliphatic hydroxyl groups is 1. The fourth-order valence-electron chi connectivity index (χ4n) is 3.06. The van der Waals surface area contributed by atoms with Crippen LogP contribution in [0.15, 0.2) is 30.9 Å². The van der Waals surface area contributed by atoms with Gasteiger partial charge in [0.15, 0.2) is 0 Å². The van der Waals surface area contributed by atoms with E-state index >= 15 is 0 Å². The number of nitrogens with zero attached hydrogens (tertiary/aromatic N) is 3. The Kier molecular flexibility index (Phi) is 5.71. The Morgan fingerprint density at radius 3 is 2.80 bits per heavy atom. The van der Waals surface area contributed by atoms with Crippen LogP contribution in [0, 0.1) is 11.6 Å². The predicted octanol–water partition coefficient (Wildman–Crippen LogP) is 2.32. The Morgan fingerprint density at radius 1 is 1.40 bits per heavy atom. The lowest BCUT2D eigenvalue weighted by Crippen LogP contribution is -2.44. The minimum Gasteiger partial charge on any atom is -0.389 e. The molecule has 0 radical (unpaired) electrons. The summed E-state index contributed by atoms with van der Waals surface area (Å²) in [7, 11) is 0. The molecule has 1 aromatic heterocycles.